The van der Waals surface area contributed by atoms with E-state index in [2.05, 4.69) is 42.8 Å². The van der Waals surface area contributed by atoms with Crippen molar-refractivity contribution in [2.24, 2.45) is 10.1 Å². The molecule has 218 valence electrons. The summed E-state index contributed by atoms with van der Waals surface area (Å²) in [5, 5.41) is 6.38. The highest BCUT2D eigenvalue weighted by Gasteiger charge is 2.57. The second-order valence-electron chi connectivity index (χ2n) is 11.0. The highest BCUT2D eigenvalue weighted by molar-refractivity contribution is 6.17. The Bertz CT molecular complexity index is 1760. The lowest BCUT2D eigenvalue weighted by Crippen LogP contribution is -2.44. The maximum atomic E-state index is 14.2. The van der Waals surface area contributed by atoms with Gasteiger partial charge >= 0.3 is 0 Å². The number of hydrogen-bond acceptors (Lipinski definition) is 7. The van der Waals surface area contributed by atoms with Crippen LogP contribution in [0.3, 0.4) is 0 Å². The van der Waals surface area contributed by atoms with E-state index in [1.807, 2.05) is 85.7 Å². The van der Waals surface area contributed by atoms with Crippen LogP contribution in [0.15, 0.2) is 89.0 Å². The molecule has 2 aliphatic rings. The molecule has 0 radical (unpaired) electrons. The molecule has 0 aromatic heterocycles. The van der Waals surface area contributed by atoms with Gasteiger partial charge in [0, 0.05) is 84.8 Å². The van der Waals surface area contributed by atoms with Gasteiger partial charge in [-0.3, -0.25) is 9.79 Å². The molecule has 8 nitrogen and oxygen atoms in total. The Hall–Kier alpha value is -5.11. The van der Waals surface area contributed by atoms with Gasteiger partial charge in [0.05, 0.1) is 11.9 Å². The van der Waals surface area contributed by atoms with Crippen molar-refractivity contribution in [3.63, 3.8) is 0 Å². The molecular weight excluding hydrogens is 536 g/mol. The molecule has 2 N–H and O–H groups in total. The summed E-state index contributed by atoms with van der Waals surface area (Å²) in [4.78, 5) is 23.1. The number of benzene rings is 4. The molecule has 2 aliphatic heterocycles. The highest BCUT2D eigenvalue weighted by Crippen LogP contribution is 2.58. The molecule has 2 heterocycles. The third-order valence-corrected chi connectivity index (χ3v) is 8.30. The Morgan fingerprint density at radius 3 is 2.33 bits per heavy atom. The standard InChI is InChI=1S/C35H36N6O2/c1-6-40(7-2)31-22-33-30(20-23(31)3)35(29-17-12-24(36)21-32(29)43-33)28-11-9-8-10-27(28)34(42)41(35)38-19-18-37-25-13-15-26(16-14-25)39(4)5/h8-22H,6-7,36H2,1-5H3/b37-18?,38-19+. The first-order chi connectivity index (χ1) is 20.8. The number of ether oxygens (including phenoxy) is 1. The van der Waals surface area contributed by atoms with E-state index in [0.717, 1.165) is 52.4 Å². The number of nitrogens with zero attached hydrogens (tertiary/aromatic N) is 5. The monoisotopic (exact) mass is 572 g/mol. The summed E-state index contributed by atoms with van der Waals surface area (Å²) >= 11 is 0. The first kappa shape index (κ1) is 28.0. The number of fused-ring (bicyclic) bond motifs is 6. The predicted molar refractivity (Wildman–Crippen MR) is 176 cm³/mol. The van der Waals surface area contributed by atoms with E-state index < -0.39 is 5.54 Å². The number of aliphatic imine (C=N–C) groups is 1. The van der Waals surface area contributed by atoms with Crippen molar-refractivity contribution < 1.29 is 9.53 Å². The van der Waals surface area contributed by atoms with Crippen molar-refractivity contribution in [2.45, 2.75) is 26.3 Å². The second-order valence-corrected chi connectivity index (χ2v) is 11.0. The number of anilines is 3. The molecule has 0 aliphatic carbocycles. The normalized spacial score (nSPS) is 16.9. The summed E-state index contributed by atoms with van der Waals surface area (Å²) in [5.41, 5.74) is 12.9. The van der Waals surface area contributed by atoms with Gasteiger partial charge in [-0.05, 0) is 68.8 Å². The molecule has 1 spiro atoms. The molecule has 4 aromatic carbocycles. The quantitative estimate of drug-likeness (QED) is 0.196. The Morgan fingerprint density at radius 2 is 1.60 bits per heavy atom. The largest absolute Gasteiger partial charge is 0.456 e. The fourth-order valence-corrected chi connectivity index (χ4v) is 6.21. The van der Waals surface area contributed by atoms with E-state index in [1.165, 1.54) is 0 Å². The Balaban J connectivity index is 1.53. The minimum atomic E-state index is -1.06. The topological polar surface area (TPSA) is 86.8 Å². The predicted octanol–water partition coefficient (Wildman–Crippen LogP) is 6.73. The molecule has 1 unspecified atom stereocenters. The van der Waals surface area contributed by atoms with Gasteiger partial charge in [-0.2, -0.15) is 5.10 Å². The summed E-state index contributed by atoms with van der Waals surface area (Å²) in [6.45, 7) is 8.10. The number of carbonyl (C=O) groups is 1. The van der Waals surface area contributed by atoms with Crippen molar-refractivity contribution in [1.82, 2.24) is 5.01 Å². The summed E-state index contributed by atoms with van der Waals surface area (Å²) in [6.07, 6.45) is 3.20. The molecule has 1 atom stereocenters. The number of hydrazone groups is 1. The minimum absolute atomic E-state index is 0.198. The van der Waals surface area contributed by atoms with E-state index in [9.17, 15) is 4.79 Å². The number of hydrogen-bond donors (Lipinski definition) is 1. The van der Waals surface area contributed by atoms with E-state index in [4.69, 9.17) is 15.6 Å². The van der Waals surface area contributed by atoms with Gasteiger partial charge in [0.1, 0.15) is 17.0 Å². The molecule has 1 amide bonds. The third-order valence-electron chi connectivity index (χ3n) is 8.30. The van der Waals surface area contributed by atoms with Gasteiger partial charge in [-0.15, -0.1) is 0 Å². The van der Waals surface area contributed by atoms with Crippen LogP contribution in [0.1, 0.15) is 46.5 Å². The average molecular weight is 573 g/mol. The van der Waals surface area contributed by atoms with Crippen LogP contribution in [0.25, 0.3) is 0 Å². The van der Waals surface area contributed by atoms with Crippen LogP contribution in [0.4, 0.5) is 22.7 Å². The second kappa shape index (κ2) is 10.9. The average Bonchev–Trinajstić information content (AvgIpc) is 3.25. The zero-order chi connectivity index (χ0) is 30.3. The number of nitrogens with two attached hydrogens (primary N) is 1. The highest BCUT2D eigenvalue weighted by atomic mass is 16.5. The molecular formula is C35H36N6O2. The molecule has 0 fully saturated rings. The van der Waals surface area contributed by atoms with Gasteiger partial charge in [0.15, 0.2) is 0 Å². The molecule has 4 aromatic rings. The lowest BCUT2D eigenvalue weighted by Gasteiger charge is -2.42. The first-order valence-corrected chi connectivity index (χ1v) is 14.6. The van der Waals surface area contributed by atoms with Crippen molar-refractivity contribution in [1.29, 1.82) is 0 Å². The fraction of sp³-hybridized carbons (Fsp3) is 0.229. The summed E-state index contributed by atoms with van der Waals surface area (Å²) in [7, 11) is 4.00. The summed E-state index contributed by atoms with van der Waals surface area (Å²) in [5.74, 6) is 1.07. The van der Waals surface area contributed by atoms with E-state index in [1.54, 1.807) is 17.4 Å². The van der Waals surface area contributed by atoms with Gasteiger partial charge in [-0.25, -0.2) is 5.01 Å². The molecule has 0 saturated carbocycles. The molecule has 43 heavy (non-hydrogen) atoms. The van der Waals surface area contributed by atoms with E-state index in [0.29, 0.717) is 22.7 Å². The third kappa shape index (κ3) is 4.50. The van der Waals surface area contributed by atoms with Gasteiger partial charge in [0.2, 0.25) is 0 Å². The van der Waals surface area contributed by atoms with Gasteiger partial charge < -0.3 is 20.3 Å². The number of nitrogen functional groups attached to an aromatic ring is 1. The number of rotatable bonds is 7. The minimum Gasteiger partial charge on any atom is -0.456 e. The van der Waals surface area contributed by atoms with Crippen LogP contribution in [0.2, 0.25) is 0 Å². The van der Waals surface area contributed by atoms with Gasteiger partial charge in [-0.1, -0.05) is 24.3 Å². The molecule has 0 saturated heterocycles. The first-order valence-electron chi connectivity index (χ1n) is 14.6. The van der Waals surface area contributed by atoms with Crippen LogP contribution < -0.4 is 20.3 Å². The van der Waals surface area contributed by atoms with Crippen LogP contribution in [-0.2, 0) is 5.54 Å². The van der Waals surface area contributed by atoms with Crippen LogP contribution >= 0.6 is 0 Å². The Kier molecular flexibility index (Phi) is 7.13. The Labute approximate surface area is 252 Å². The Morgan fingerprint density at radius 1 is 0.884 bits per heavy atom. The SMILES string of the molecule is CCN(CC)c1cc2c(cc1C)C1(c3ccc(N)cc3O2)c2ccccc2C(=O)N1/N=C/C=Nc1ccc(N(C)C)cc1. The number of carbonyl (C=O) groups excluding carboxylic acids is 1. The van der Waals surface area contributed by atoms with Crippen LogP contribution in [0.5, 0.6) is 11.5 Å². The van der Waals surface area contributed by atoms with Crippen molar-refractivity contribution in [3.05, 3.63) is 107 Å². The summed E-state index contributed by atoms with van der Waals surface area (Å²) < 4.78 is 6.56. The summed E-state index contributed by atoms with van der Waals surface area (Å²) in [6, 6.07) is 25.5. The zero-order valence-corrected chi connectivity index (χ0v) is 25.2. The fourth-order valence-electron chi connectivity index (χ4n) is 6.21. The smallest absolute Gasteiger partial charge is 0.275 e. The van der Waals surface area contributed by atoms with Crippen LogP contribution in [0, 0.1) is 6.92 Å². The lowest BCUT2D eigenvalue weighted by molar-refractivity contribution is 0.0675. The van der Waals surface area contributed by atoms with Gasteiger partial charge in [0.25, 0.3) is 5.91 Å². The maximum absolute atomic E-state index is 14.2. The number of amides is 1. The van der Waals surface area contributed by atoms with Crippen LogP contribution in [-0.4, -0.2) is 50.5 Å². The van der Waals surface area contributed by atoms with Crippen molar-refractivity contribution in [2.75, 3.05) is 42.7 Å². The van der Waals surface area contributed by atoms with Crippen molar-refractivity contribution in [3.8, 4) is 11.5 Å². The van der Waals surface area contributed by atoms with E-state index in [-0.39, 0.29) is 5.91 Å². The van der Waals surface area contributed by atoms with E-state index >= 15 is 0 Å². The number of aryl methyl sites for hydroxylation is 1. The maximum Gasteiger partial charge on any atom is 0.275 e. The molecule has 6 rings (SSSR count). The molecule has 0 bridgehead atoms. The zero-order valence-electron chi connectivity index (χ0n) is 25.2. The van der Waals surface area contributed by atoms with Crippen molar-refractivity contribution >= 4 is 41.1 Å². The molecule has 8 heteroatoms. The lowest BCUT2D eigenvalue weighted by atomic mass is 9.74.